The van der Waals surface area contributed by atoms with Gasteiger partial charge in [0.2, 0.25) is 0 Å². The highest BCUT2D eigenvalue weighted by atomic mass is 16.5. The van der Waals surface area contributed by atoms with Crippen LogP contribution in [-0.2, 0) is 0 Å². The fourth-order valence-electron chi connectivity index (χ4n) is 2.49. The molecule has 0 atom stereocenters. The summed E-state index contributed by atoms with van der Waals surface area (Å²) in [6.45, 7) is 0. The molecule has 0 saturated carbocycles. The lowest BCUT2D eigenvalue weighted by Gasteiger charge is -2.10. The maximum atomic E-state index is 12.4. The topological polar surface area (TPSA) is 78.4 Å². The molecule has 0 aliphatic heterocycles. The molecule has 25 heavy (non-hydrogen) atoms. The van der Waals surface area contributed by atoms with Crippen molar-refractivity contribution in [2.75, 3.05) is 5.32 Å². The minimum atomic E-state index is -0.685. The molecule has 3 N–H and O–H groups in total. The highest BCUT2D eigenvalue weighted by Gasteiger charge is 2.13. The van der Waals surface area contributed by atoms with E-state index < -0.39 is 5.91 Å². The average Bonchev–Trinajstić information content (AvgIpc) is 2.68. The zero-order chi connectivity index (χ0) is 17.6. The van der Waals surface area contributed by atoms with E-state index in [0.29, 0.717) is 11.3 Å². The molecule has 0 fully saturated rings. The Morgan fingerprint density at radius 1 is 0.680 bits per heavy atom. The molecule has 0 bridgehead atoms. The van der Waals surface area contributed by atoms with Gasteiger partial charge in [0.15, 0.2) is 0 Å². The Labute approximate surface area is 144 Å². The fourth-order valence-corrected chi connectivity index (χ4v) is 2.49. The van der Waals surface area contributed by atoms with Crippen LogP contribution in [0.3, 0.4) is 0 Å². The number of para-hydroxylation sites is 1. The van der Waals surface area contributed by atoms with Crippen molar-refractivity contribution >= 4 is 17.5 Å². The summed E-state index contributed by atoms with van der Waals surface area (Å²) in [5, 5.41) is 11.5. The lowest BCUT2D eigenvalue weighted by Crippen LogP contribution is -2.22. The van der Waals surface area contributed by atoms with E-state index in [9.17, 15) is 9.59 Å². The Morgan fingerprint density at radius 2 is 1.28 bits per heavy atom. The van der Waals surface area contributed by atoms with Crippen molar-refractivity contribution in [2.45, 2.75) is 0 Å². The van der Waals surface area contributed by atoms with Gasteiger partial charge in [0, 0.05) is 5.56 Å². The van der Waals surface area contributed by atoms with Crippen molar-refractivity contribution in [1.29, 1.82) is 0 Å². The van der Waals surface area contributed by atoms with Gasteiger partial charge in [-0.1, -0.05) is 54.6 Å². The van der Waals surface area contributed by atoms with Gasteiger partial charge < -0.3 is 5.32 Å². The van der Waals surface area contributed by atoms with Crippen LogP contribution in [0.1, 0.15) is 20.7 Å². The molecule has 3 aromatic rings. The highest BCUT2D eigenvalue weighted by molar-refractivity contribution is 6.08. The number of rotatable bonds is 4. The maximum Gasteiger partial charge on any atom is 0.276 e. The number of amides is 2. The second-order valence-electron chi connectivity index (χ2n) is 5.38. The number of nitrogens with one attached hydrogen (secondary N) is 2. The molecular weight excluding hydrogens is 316 g/mol. The van der Waals surface area contributed by atoms with Crippen LogP contribution in [0.15, 0.2) is 78.9 Å². The van der Waals surface area contributed by atoms with Gasteiger partial charge in [0.25, 0.3) is 11.8 Å². The van der Waals surface area contributed by atoms with Crippen molar-refractivity contribution in [2.24, 2.45) is 0 Å². The SMILES string of the molecule is O=C(Nc1ccccc1C(=O)NO)c1ccc(-c2ccccc2)cc1. The van der Waals surface area contributed by atoms with Gasteiger partial charge in [-0.05, 0) is 35.4 Å². The number of carbonyl (C=O) groups is 2. The van der Waals surface area contributed by atoms with E-state index in [1.54, 1.807) is 35.8 Å². The molecule has 0 heterocycles. The van der Waals surface area contributed by atoms with E-state index in [0.717, 1.165) is 11.1 Å². The highest BCUT2D eigenvalue weighted by Crippen LogP contribution is 2.20. The van der Waals surface area contributed by atoms with E-state index >= 15 is 0 Å². The minimum absolute atomic E-state index is 0.180. The molecule has 3 rings (SSSR count). The first-order valence-corrected chi connectivity index (χ1v) is 7.69. The molecule has 0 aliphatic carbocycles. The third-order valence-electron chi connectivity index (χ3n) is 3.78. The third kappa shape index (κ3) is 3.73. The van der Waals surface area contributed by atoms with Gasteiger partial charge in [-0.3, -0.25) is 14.8 Å². The number of anilines is 1. The predicted octanol–water partition coefficient (Wildman–Crippen LogP) is 3.72. The van der Waals surface area contributed by atoms with Gasteiger partial charge in [-0.15, -0.1) is 0 Å². The van der Waals surface area contributed by atoms with Crippen LogP contribution in [0.25, 0.3) is 11.1 Å². The zero-order valence-electron chi connectivity index (χ0n) is 13.3. The van der Waals surface area contributed by atoms with Gasteiger partial charge in [-0.2, -0.15) is 0 Å². The quantitative estimate of drug-likeness (QED) is 0.503. The van der Waals surface area contributed by atoms with E-state index in [-0.39, 0.29) is 11.5 Å². The zero-order valence-corrected chi connectivity index (χ0v) is 13.3. The molecule has 0 aliphatic rings. The molecule has 0 unspecified atom stereocenters. The summed E-state index contributed by atoms with van der Waals surface area (Å²) in [6, 6.07) is 23.5. The number of hydroxylamine groups is 1. The second kappa shape index (κ2) is 7.42. The Kier molecular flexibility index (Phi) is 4.87. The van der Waals surface area contributed by atoms with Crippen molar-refractivity contribution < 1.29 is 14.8 Å². The Balaban J connectivity index is 1.80. The summed E-state index contributed by atoms with van der Waals surface area (Å²) in [5.41, 5.74) is 4.63. The first-order chi connectivity index (χ1) is 12.2. The van der Waals surface area contributed by atoms with Crippen molar-refractivity contribution in [3.05, 3.63) is 90.0 Å². The number of benzene rings is 3. The van der Waals surface area contributed by atoms with E-state index in [4.69, 9.17) is 5.21 Å². The molecule has 0 radical (unpaired) electrons. The van der Waals surface area contributed by atoms with Gasteiger partial charge >= 0.3 is 0 Å². The third-order valence-corrected chi connectivity index (χ3v) is 3.78. The second-order valence-corrected chi connectivity index (χ2v) is 5.38. The predicted molar refractivity (Wildman–Crippen MR) is 95.5 cm³/mol. The van der Waals surface area contributed by atoms with Gasteiger partial charge in [0.1, 0.15) is 0 Å². The van der Waals surface area contributed by atoms with Crippen LogP contribution in [0.5, 0.6) is 0 Å². The van der Waals surface area contributed by atoms with Gasteiger partial charge in [-0.25, -0.2) is 5.48 Å². The normalized spacial score (nSPS) is 10.1. The van der Waals surface area contributed by atoms with Gasteiger partial charge in [0.05, 0.1) is 11.3 Å². The van der Waals surface area contributed by atoms with Crippen molar-refractivity contribution in [3.8, 4) is 11.1 Å². The largest absolute Gasteiger partial charge is 0.321 e. The molecule has 3 aromatic carbocycles. The molecule has 0 aromatic heterocycles. The Bertz CT molecular complexity index is 890. The molecule has 5 nitrogen and oxygen atoms in total. The van der Waals surface area contributed by atoms with Crippen molar-refractivity contribution in [3.63, 3.8) is 0 Å². The molecule has 124 valence electrons. The number of hydrogen-bond acceptors (Lipinski definition) is 3. The first kappa shape index (κ1) is 16.4. The summed E-state index contributed by atoms with van der Waals surface area (Å²) in [6.07, 6.45) is 0. The molecule has 5 heteroatoms. The summed E-state index contributed by atoms with van der Waals surface area (Å²) in [5.74, 6) is -1.02. The standard InChI is InChI=1S/C20H16N2O3/c23-19(21-18-9-5-4-8-17(18)20(24)22-25)16-12-10-15(11-13-16)14-6-2-1-3-7-14/h1-13,25H,(H,21,23)(H,22,24). The summed E-state index contributed by atoms with van der Waals surface area (Å²) in [4.78, 5) is 24.1. The van der Waals surface area contributed by atoms with Crippen LogP contribution >= 0.6 is 0 Å². The minimum Gasteiger partial charge on any atom is -0.321 e. The monoisotopic (exact) mass is 332 g/mol. The summed E-state index contributed by atoms with van der Waals surface area (Å²) >= 11 is 0. The van der Waals surface area contributed by atoms with Crippen LogP contribution in [0.4, 0.5) is 5.69 Å². The molecular formula is C20H16N2O3. The first-order valence-electron chi connectivity index (χ1n) is 7.69. The molecule has 0 saturated heterocycles. The maximum absolute atomic E-state index is 12.4. The van der Waals surface area contributed by atoms with Crippen LogP contribution < -0.4 is 10.8 Å². The lowest BCUT2D eigenvalue weighted by molar-refractivity contribution is 0.0707. The lowest BCUT2D eigenvalue weighted by atomic mass is 10.0. The Morgan fingerprint density at radius 3 is 1.96 bits per heavy atom. The van der Waals surface area contributed by atoms with Crippen LogP contribution in [-0.4, -0.2) is 17.0 Å². The summed E-state index contributed by atoms with van der Waals surface area (Å²) in [7, 11) is 0. The van der Waals surface area contributed by atoms with Crippen LogP contribution in [0.2, 0.25) is 0 Å². The van der Waals surface area contributed by atoms with E-state index in [2.05, 4.69) is 5.32 Å². The number of hydrogen-bond donors (Lipinski definition) is 3. The number of carbonyl (C=O) groups excluding carboxylic acids is 2. The smallest absolute Gasteiger partial charge is 0.276 e. The van der Waals surface area contributed by atoms with Crippen LogP contribution in [0, 0.1) is 0 Å². The fraction of sp³-hybridized carbons (Fsp3) is 0. The summed E-state index contributed by atoms with van der Waals surface area (Å²) < 4.78 is 0. The molecule has 2 amide bonds. The van der Waals surface area contributed by atoms with E-state index in [1.165, 1.54) is 6.07 Å². The van der Waals surface area contributed by atoms with Crippen molar-refractivity contribution in [1.82, 2.24) is 5.48 Å². The Hall–Kier alpha value is -3.44. The molecule has 0 spiro atoms. The van der Waals surface area contributed by atoms with E-state index in [1.807, 2.05) is 42.5 Å². The average molecular weight is 332 g/mol.